The van der Waals surface area contributed by atoms with Gasteiger partial charge in [0.05, 0.1) is 17.4 Å². The molecule has 3 aromatic rings. The number of carbonyl (C=O) groups is 1. The summed E-state index contributed by atoms with van der Waals surface area (Å²) in [5, 5.41) is 4.36. The highest BCUT2D eigenvalue weighted by Gasteiger charge is 2.54. The lowest BCUT2D eigenvalue weighted by Crippen LogP contribution is -2.37. The van der Waals surface area contributed by atoms with Gasteiger partial charge in [0.1, 0.15) is 11.0 Å². The van der Waals surface area contributed by atoms with Crippen LogP contribution in [-0.2, 0) is 4.79 Å². The van der Waals surface area contributed by atoms with Crippen LogP contribution in [0.15, 0.2) is 48.8 Å². The van der Waals surface area contributed by atoms with Gasteiger partial charge in [-0.1, -0.05) is 32.4 Å². The standard InChI is InChI=1S/C27H29ClFN3O/c1-26(2,25(33)32-20-5-7-24(28)31-15-20)18-11-17-10-16(13-27(17,3)14-18)21-8-9-30-23-6-4-19(29)12-22(21)23/h4-9,12,15-18H,10-11,13-14H2,1-3H3,(H,32,33)/t16-,17-,18+,27+/m0/s1. The van der Waals surface area contributed by atoms with E-state index in [1.54, 1.807) is 30.5 Å². The summed E-state index contributed by atoms with van der Waals surface area (Å²) in [6.45, 7) is 6.48. The Kier molecular flexibility index (Phi) is 5.43. The van der Waals surface area contributed by atoms with Gasteiger partial charge in [-0.25, -0.2) is 9.37 Å². The number of anilines is 1. The van der Waals surface area contributed by atoms with Crippen LogP contribution in [0.5, 0.6) is 0 Å². The molecular formula is C27H29ClFN3O. The fraction of sp³-hybridized carbons (Fsp3) is 0.444. The van der Waals surface area contributed by atoms with Crippen molar-refractivity contribution in [3.63, 3.8) is 0 Å². The topological polar surface area (TPSA) is 54.9 Å². The van der Waals surface area contributed by atoms with Crippen molar-refractivity contribution in [1.82, 2.24) is 9.97 Å². The van der Waals surface area contributed by atoms with Crippen LogP contribution in [0, 0.1) is 28.5 Å². The first-order chi connectivity index (χ1) is 15.7. The van der Waals surface area contributed by atoms with Crippen molar-refractivity contribution < 1.29 is 9.18 Å². The summed E-state index contributed by atoms with van der Waals surface area (Å²) >= 11 is 5.86. The molecule has 0 unspecified atom stereocenters. The smallest absolute Gasteiger partial charge is 0.230 e. The molecule has 0 radical (unpaired) electrons. The summed E-state index contributed by atoms with van der Waals surface area (Å²) in [5.74, 6) is 1.05. The van der Waals surface area contributed by atoms with Crippen LogP contribution < -0.4 is 5.32 Å². The monoisotopic (exact) mass is 465 g/mol. The first-order valence-corrected chi connectivity index (χ1v) is 12.0. The van der Waals surface area contributed by atoms with Crippen molar-refractivity contribution in [2.24, 2.45) is 22.7 Å². The maximum atomic E-state index is 14.0. The number of hydrogen-bond donors (Lipinski definition) is 1. The van der Waals surface area contributed by atoms with E-state index in [1.165, 1.54) is 11.6 Å². The number of benzene rings is 1. The maximum Gasteiger partial charge on any atom is 0.230 e. The molecule has 2 saturated carbocycles. The highest BCUT2D eigenvalue weighted by Crippen LogP contribution is 2.63. The van der Waals surface area contributed by atoms with E-state index in [9.17, 15) is 9.18 Å². The van der Waals surface area contributed by atoms with E-state index in [-0.39, 0.29) is 17.1 Å². The molecule has 2 aliphatic rings. The van der Waals surface area contributed by atoms with E-state index >= 15 is 0 Å². The molecule has 172 valence electrons. The predicted octanol–water partition coefficient (Wildman–Crippen LogP) is 7.00. The Morgan fingerprint density at radius 3 is 2.70 bits per heavy atom. The highest BCUT2D eigenvalue weighted by atomic mass is 35.5. The van der Waals surface area contributed by atoms with Gasteiger partial charge in [-0.2, -0.15) is 0 Å². The summed E-state index contributed by atoms with van der Waals surface area (Å²) in [6, 6.07) is 10.4. The summed E-state index contributed by atoms with van der Waals surface area (Å²) < 4.78 is 14.0. The Labute approximate surface area is 199 Å². The van der Waals surface area contributed by atoms with Gasteiger partial charge < -0.3 is 5.32 Å². The fourth-order valence-electron chi connectivity index (χ4n) is 6.27. The molecule has 33 heavy (non-hydrogen) atoms. The number of amides is 1. The van der Waals surface area contributed by atoms with Crippen molar-refractivity contribution in [2.75, 3.05) is 5.32 Å². The molecule has 1 N–H and O–H groups in total. The Balaban J connectivity index is 1.32. The molecule has 6 heteroatoms. The van der Waals surface area contributed by atoms with Crippen molar-refractivity contribution in [3.8, 4) is 0 Å². The number of hydrogen-bond acceptors (Lipinski definition) is 3. The molecule has 4 atom stereocenters. The average molecular weight is 466 g/mol. The fourth-order valence-corrected chi connectivity index (χ4v) is 6.38. The minimum atomic E-state index is -0.491. The number of nitrogens with zero attached hydrogens (tertiary/aromatic N) is 2. The summed E-state index contributed by atoms with van der Waals surface area (Å²) in [6.07, 6.45) is 7.61. The van der Waals surface area contributed by atoms with Crippen LogP contribution in [-0.4, -0.2) is 15.9 Å². The molecular weight excluding hydrogens is 437 g/mol. The Hall–Kier alpha value is -2.53. The van der Waals surface area contributed by atoms with Crippen LogP contribution in [0.4, 0.5) is 10.1 Å². The van der Waals surface area contributed by atoms with Gasteiger partial charge in [0.25, 0.3) is 0 Å². The van der Waals surface area contributed by atoms with Crippen LogP contribution in [0.3, 0.4) is 0 Å². The molecule has 0 spiro atoms. The van der Waals surface area contributed by atoms with Crippen LogP contribution in [0.2, 0.25) is 5.15 Å². The highest BCUT2D eigenvalue weighted by molar-refractivity contribution is 6.29. The molecule has 0 bridgehead atoms. The largest absolute Gasteiger partial charge is 0.324 e. The Morgan fingerprint density at radius 1 is 1.15 bits per heavy atom. The van der Waals surface area contributed by atoms with E-state index in [4.69, 9.17) is 11.6 Å². The molecule has 2 fully saturated rings. The van der Waals surface area contributed by atoms with Gasteiger partial charge in [-0.3, -0.25) is 9.78 Å². The number of nitrogens with one attached hydrogen (secondary N) is 1. The Morgan fingerprint density at radius 2 is 1.97 bits per heavy atom. The normalized spacial score (nSPS) is 27.0. The number of rotatable bonds is 4. The first kappa shape index (κ1) is 22.3. The van der Waals surface area contributed by atoms with Gasteiger partial charge in [-0.15, -0.1) is 0 Å². The average Bonchev–Trinajstić information content (AvgIpc) is 3.27. The molecule has 4 nitrogen and oxygen atoms in total. The second kappa shape index (κ2) is 8.05. The van der Waals surface area contributed by atoms with E-state index in [1.807, 2.05) is 6.20 Å². The maximum absolute atomic E-state index is 14.0. The second-order valence-corrected chi connectivity index (χ2v) is 11.1. The predicted molar refractivity (Wildman–Crippen MR) is 130 cm³/mol. The number of fused-ring (bicyclic) bond motifs is 2. The third-order valence-corrected chi connectivity index (χ3v) is 8.54. The van der Waals surface area contributed by atoms with Crippen LogP contribution in [0.25, 0.3) is 10.9 Å². The first-order valence-electron chi connectivity index (χ1n) is 11.6. The zero-order valence-electron chi connectivity index (χ0n) is 19.2. The molecule has 2 heterocycles. The lowest BCUT2D eigenvalue weighted by molar-refractivity contribution is -0.126. The number of halogens is 2. The third-order valence-electron chi connectivity index (χ3n) is 8.32. The quantitative estimate of drug-likeness (QED) is 0.422. The second-order valence-electron chi connectivity index (χ2n) is 10.7. The number of pyridine rings is 2. The molecule has 0 aliphatic heterocycles. The minimum Gasteiger partial charge on any atom is -0.324 e. The van der Waals surface area contributed by atoms with Crippen LogP contribution in [0.1, 0.15) is 57.9 Å². The van der Waals surface area contributed by atoms with Gasteiger partial charge in [-0.05, 0) is 90.8 Å². The Bertz CT molecular complexity index is 1210. The lowest BCUT2D eigenvalue weighted by Gasteiger charge is -2.32. The third kappa shape index (κ3) is 4.01. The van der Waals surface area contributed by atoms with E-state index in [2.05, 4.69) is 42.1 Å². The van der Waals surface area contributed by atoms with Crippen molar-refractivity contribution in [2.45, 2.75) is 52.4 Å². The van der Waals surface area contributed by atoms with Crippen molar-refractivity contribution in [1.29, 1.82) is 0 Å². The SMILES string of the molecule is CC(C)(C(=O)Nc1ccc(Cl)nc1)[C@@H]1C[C@@H]2C[C@H](c3ccnc4ccc(F)cc34)C[C@]2(C)C1. The molecule has 2 aromatic heterocycles. The number of aromatic nitrogens is 2. The molecule has 5 rings (SSSR count). The van der Waals surface area contributed by atoms with E-state index in [0.29, 0.717) is 28.6 Å². The zero-order chi connectivity index (χ0) is 23.4. The molecule has 1 amide bonds. The summed E-state index contributed by atoms with van der Waals surface area (Å²) in [4.78, 5) is 21.7. The van der Waals surface area contributed by atoms with E-state index < -0.39 is 5.41 Å². The summed E-state index contributed by atoms with van der Waals surface area (Å²) in [7, 11) is 0. The molecule has 2 aliphatic carbocycles. The van der Waals surface area contributed by atoms with Crippen molar-refractivity contribution >= 4 is 34.1 Å². The molecule has 1 aromatic carbocycles. The van der Waals surface area contributed by atoms with Crippen molar-refractivity contribution in [3.05, 3.63) is 65.3 Å². The zero-order valence-corrected chi connectivity index (χ0v) is 20.0. The van der Waals surface area contributed by atoms with Gasteiger partial charge >= 0.3 is 0 Å². The van der Waals surface area contributed by atoms with E-state index in [0.717, 1.165) is 36.6 Å². The number of carbonyl (C=O) groups excluding carboxylic acids is 1. The summed E-state index contributed by atoms with van der Waals surface area (Å²) in [5.41, 5.74) is 2.41. The van der Waals surface area contributed by atoms with Crippen LogP contribution >= 0.6 is 11.6 Å². The lowest BCUT2D eigenvalue weighted by atomic mass is 9.73. The molecule has 0 saturated heterocycles. The van der Waals surface area contributed by atoms with Gasteiger partial charge in [0.15, 0.2) is 0 Å². The van der Waals surface area contributed by atoms with Gasteiger partial charge in [0, 0.05) is 17.0 Å². The minimum absolute atomic E-state index is 0.0207. The van der Waals surface area contributed by atoms with Gasteiger partial charge in [0.2, 0.25) is 5.91 Å².